The number of ether oxygens (including phenoxy) is 1. The quantitative estimate of drug-likeness (QED) is 0.570. The molecule has 1 aliphatic carbocycles. The van der Waals surface area contributed by atoms with Crippen LogP contribution in [0.3, 0.4) is 0 Å². The average Bonchev–Trinajstić information content (AvgIpc) is 2.89. The number of amides is 2. The Morgan fingerprint density at radius 2 is 1.61 bits per heavy atom. The molecule has 2 aliphatic rings. The van der Waals surface area contributed by atoms with Crippen molar-refractivity contribution in [1.29, 1.82) is 0 Å². The Morgan fingerprint density at radius 1 is 0.917 bits per heavy atom. The summed E-state index contributed by atoms with van der Waals surface area (Å²) in [6, 6.07) is 11.3. The summed E-state index contributed by atoms with van der Waals surface area (Å²) in [5, 5.41) is 5.88. The number of rotatable bonds is 7. The molecule has 0 unspecified atom stereocenters. The number of nitrogens with zero attached hydrogens (tertiary/aromatic N) is 1. The summed E-state index contributed by atoms with van der Waals surface area (Å²) in [4.78, 5) is 26.4. The second-order valence-corrected chi connectivity index (χ2v) is 11.7. The lowest BCUT2D eigenvalue weighted by Gasteiger charge is -2.29. The van der Waals surface area contributed by atoms with E-state index in [-0.39, 0.29) is 28.2 Å². The minimum atomic E-state index is -3.74. The lowest BCUT2D eigenvalue weighted by molar-refractivity contribution is 0.0928. The van der Waals surface area contributed by atoms with Gasteiger partial charge in [-0.2, -0.15) is 4.31 Å². The topological polar surface area (TPSA) is 105 Å². The number of para-hydroxylation sites is 1. The summed E-state index contributed by atoms with van der Waals surface area (Å²) in [5.41, 5.74) is 0.809. The first-order valence-corrected chi connectivity index (χ1v) is 14.1. The van der Waals surface area contributed by atoms with Crippen LogP contribution in [0.2, 0.25) is 0 Å². The molecule has 0 bridgehead atoms. The summed E-state index contributed by atoms with van der Waals surface area (Å²) in [6.45, 7) is 3.04. The van der Waals surface area contributed by atoms with Gasteiger partial charge in [0, 0.05) is 19.1 Å². The van der Waals surface area contributed by atoms with Crippen LogP contribution in [0, 0.1) is 5.92 Å². The lowest BCUT2D eigenvalue weighted by Crippen LogP contribution is -2.38. The summed E-state index contributed by atoms with van der Waals surface area (Å²) >= 11 is 0. The number of methoxy groups -OCH3 is 1. The van der Waals surface area contributed by atoms with Gasteiger partial charge in [-0.15, -0.1) is 0 Å². The molecule has 0 aromatic heterocycles. The van der Waals surface area contributed by atoms with Crippen molar-refractivity contribution in [3.63, 3.8) is 0 Å². The molecule has 2 aromatic rings. The maximum Gasteiger partial charge on any atom is 0.259 e. The molecular weight excluding hydrogens is 478 g/mol. The number of anilines is 1. The Bertz CT molecular complexity index is 1200. The third-order valence-corrected chi connectivity index (χ3v) is 9.05. The van der Waals surface area contributed by atoms with Crippen molar-refractivity contribution in [2.45, 2.75) is 62.8 Å². The van der Waals surface area contributed by atoms with E-state index in [1.54, 1.807) is 24.3 Å². The van der Waals surface area contributed by atoms with Crippen molar-refractivity contribution in [3.05, 3.63) is 53.6 Å². The van der Waals surface area contributed by atoms with Gasteiger partial charge in [0.05, 0.1) is 28.8 Å². The standard InChI is InChI=1S/C27H35N3O5S/c1-19-14-16-30(17-15-19)36(33,34)21-12-13-25(35-2)23(18-21)27(32)29-24-11-7-6-10-22(24)26(31)28-20-8-4-3-5-9-20/h6-7,10-13,18-20H,3-5,8-9,14-17H2,1-2H3,(H,28,31)(H,29,32). The first-order chi connectivity index (χ1) is 17.3. The van der Waals surface area contributed by atoms with Gasteiger partial charge >= 0.3 is 0 Å². The SMILES string of the molecule is COc1ccc(S(=O)(=O)N2CCC(C)CC2)cc1C(=O)Nc1ccccc1C(=O)NC1CCCCC1. The molecule has 36 heavy (non-hydrogen) atoms. The normalized spacial score (nSPS) is 17.9. The molecule has 0 spiro atoms. The number of sulfonamides is 1. The van der Waals surface area contributed by atoms with Gasteiger partial charge in [0.1, 0.15) is 5.75 Å². The molecule has 2 aromatic carbocycles. The van der Waals surface area contributed by atoms with Crippen molar-refractivity contribution >= 4 is 27.5 Å². The average molecular weight is 514 g/mol. The predicted molar refractivity (Wildman–Crippen MR) is 139 cm³/mol. The van der Waals surface area contributed by atoms with Crippen LogP contribution in [-0.2, 0) is 10.0 Å². The van der Waals surface area contributed by atoms with E-state index in [2.05, 4.69) is 17.6 Å². The number of benzene rings is 2. The molecule has 2 N–H and O–H groups in total. The van der Waals surface area contributed by atoms with Crippen LogP contribution in [0.15, 0.2) is 47.4 Å². The zero-order valence-electron chi connectivity index (χ0n) is 21.0. The Labute approximate surface area is 213 Å². The number of carbonyl (C=O) groups is 2. The van der Waals surface area contributed by atoms with Gasteiger partial charge in [0.2, 0.25) is 10.0 Å². The van der Waals surface area contributed by atoms with E-state index in [4.69, 9.17) is 4.74 Å². The van der Waals surface area contributed by atoms with Crippen LogP contribution in [0.1, 0.15) is 72.6 Å². The summed E-state index contributed by atoms with van der Waals surface area (Å²) in [6.07, 6.45) is 6.90. The van der Waals surface area contributed by atoms with E-state index in [0.29, 0.717) is 30.3 Å². The molecule has 2 fully saturated rings. The molecule has 1 aliphatic heterocycles. The molecule has 4 rings (SSSR count). The van der Waals surface area contributed by atoms with Crippen molar-refractivity contribution in [3.8, 4) is 5.75 Å². The summed E-state index contributed by atoms with van der Waals surface area (Å²) < 4.78 is 33.4. The number of carbonyl (C=O) groups excluding carboxylic acids is 2. The zero-order chi connectivity index (χ0) is 25.7. The van der Waals surface area contributed by atoms with Crippen LogP contribution in [-0.4, -0.2) is 50.8 Å². The minimum Gasteiger partial charge on any atom is -0.496 e. The van der Waals surface area contributed by atoms with Gasteiger partial charge in [0.15, 0.2) is 0 Å². The Hall–Kier alpha value is -2.91. The highest BCUT2D eigenvalue weighted by atomic mass is 32.2. The number of piperidine rings is 1. The second-order valence-electron chi connectivity index (χ2n) is 9.76. The van der Waals surface area contributed by atoms with Crippen molar-refractivity contribution in [2.24, 2.45) is 5.92 Å². The fourth-order valence-corrected chi connectivity index (χ4v) is 6.39. The highest BCUT2D eigenvalue weighted by Crippen LogP contribution is 2.29. The van der Waals surface area contributed by atoms with Crippen LogP contribution in [0.4, 0.5) is 5.69 Å². The minimum absolute atomic E-state index is 0.0475. The fourth-order valence-electron chi connectivity index (χ4n) is 4.89. The highest BCUT2D eigenvalue weighted by Gasteiger charge is 2.29. The molecule has 194 valence electrons. The van der Waals surface area contributed by atoms with Crippen LogP contribution in [0.25, 0.3) is 0 Å². The van der Waals surface area contributed by atoms with Crippen LogP contribution in [0.5, 0.6) is 5.75 Å². The monoisotopic (exact) mass is 513 g/mol. The molecule has 2 amide bonds. The largest absolute Gasteiger partial charge is 0.496 e. The zero-order valence-corrected chi connectivity index (χ0v) is 21.8. The van der Waals surface area contributed by atoms with E-state index in [9.17, 15) is 18.0 Å². The van der Waals surface area contributed by atoms with Gasteiger partial charge in [0.25, 0.3) is 11.8 Å². The van der Waals surface area contributed by atoms with E-state index >= 15 is 0 Å². The maximum atomic E-state index is 13.3. The predicted octanol–water partition coefficient (Wildman–Crippen LogP) is 4.43. The molecule has 1 heterocycles. The van der Waals surface area contributed by atoms with E-state index < -0.39 is 15.9 Å². The highest BCUT2D eigenvalue weighted by molar-refractivity contribution is 7.89. The van der Waals surface area contributed by atoms with Crippen molar-refractivity contribution in [2.75, 3.05) is 25.5 Å². The molecule has 8 nitrogen and oxygen atoms in total. The van der Waals surface area contributed by atoms with Gasteiger partial charge < -0.3 is 15.4 Å². The Morgan fingerprint density at radius 3 is 2.31 bits per heavy atom. The molecule has 0 atom stereocenters. The molecule has 0 radical (unpaired) electrons. The Kier molecular flexibility index (Phi) is 8.31. The second kappa shape index (κ2) is 11.4. The summed E-state index contributed by atoms with van der Waals surface area (Å²) in [5.74, 6) is -0.0404. The fraction of sp³-hybridized carbons (Fsp3) is 0.481. The number of nitrogens with one attached hydrogen (secondary N) is 2. The van der Waals surface area contributed by atoms with E-state index in [0.717, 1.165) is 38.5 Å². The third kappa shape index (κ3) is 5.90. The van der Waals surface area contributed by atoms with Gasteiger partial charge in [-0.1, -0.05) is 38.3 Å². The van der Waals surface area contributed by atoms with E-state index in [1.165, 1.54) is 36.0 Å². The van der Waals surface area contributed by atoms with Crippen molar-refractivity contribution < 1.29 is 22.7 Å². The van der Waals surface area contributed by atoms with Gasteiger partial charge in [-0.3, -0.25) is 9.59 Å². The molecule has 9 heteroatoms. The molecular formula is C27H35N3O5S. The maximum absolute atomic E-state index is 13.3. The van der Waals surface area contributed by atoms with Crippen molar-refractivity contribution in [1.82, 2.24) is 9.62 Å². The van der Waals surface area contributed by atoms with Gasteiger partial charge in [-0.25, -0.2) is 8.42 Å². The Balaban J connectivity index is 1.56. The number of hydrogen-bond donors (Lipinski definition) is 2. The molecule has 1 saturated heterocycles. The third-order valence-electron chi connectivity index (χ3n) is 7.16. The van der Waals surface area contributed by atoms with Crippen LogP contribution >= 0.6 is 0 Å². The molecule has 1 saturated carbocycles. The number of hydrogen-bond acceptors (Lipinski definition) is 5. The van der Waals surface area contributed by atoms with Gasteiger partial charge in [-0.05, 0) is 61.9 Å². The van der Waals surface area contributed by atoms with Crippen LogP contribution < -0.4 is 15.4 Å². The first-order valence-electron chi connectivity index (χ1n) is 12.7. The smallest absolute Gasteiger partial charge is 0.259 e. The van der Waals surface area contributed by atoms with E-state index in [1.807, 2.05) is 0 Å². The summed E-state index contributed by atoms with van der Waals surface area (Å²) in [7, 11) is -2.32. The first kappa shape index (κ1) is 26.2. The lowest BCUT2D eigenvalue weighted by atomic mass is 9.95.